The minimum atomic E-state index is -0.473. The summed E-state index contributed by atoms with van der Waals surface area (Å²) in [5, 5.41) is 29.0. The Morgan fingerprint density at radius 1 is 0.333 bits per heavy atom. The van der Waals surface area contributed by atoms with Crippen molar-refractivity contribution >= 4 is 145 Å². The fourth-order valence-corrected chi connectivity index (χ4v) is 13.2. The van der Waals surface area contributed by atoms with Crippen molar-refractivity contribution in [1.82, 2.24) is 19.6 Å². The summed E-state index contributed by atoms with van der Waals surface area (Å²) < 4.78 is 0. The predicted octanol–water partition coefficient (Wildman–Crippen LogP) is 13.0. The molecule has 0 unspecified atom stereocenters. The molecule has 0 aliphatic carbocycles. The van der Waals surface area contributed by atoms with Crippen molar-refractivity contribution in [3.8, 4) is 12.1 Å². The number of imide groups is 4. The molecule has 0 N–H and O–H groups in total. The van der Waals surface area contributed by atoms with E-state index in [4.69, 9.17) is 13.1 Å². The van der Waals surface area contributed by atoms with Gasteiger partial charge in [-0.15, -0.1) is 0 Å². The monoisotopic (exact) mass is 1060 g/mol. The highest BCUT2D eigenvalue weighted by Gasteiger charge is 2.42. The van der Waals surface area contributed by atoms with Crippen molar-refractivity contribution < 1.29 is 38.4 Å². The van der Waals surface area contributed by atoms with E-state index in [2.05, 4.69) is 21.8 Å². The van der Waals surface area contributed by atoms with E-state index in [0.29, 0.717) is 108 Å². The Bertz CT molecular complexity index is 4360. The minimum absolute atomic E-state index is 0. The first kappa shape index (κ1) is 51.1. The van der Waals surface area contributed by atoms with Gasteiger partial charge in [-0.2, -0.15) is 10.5 Å². The van der Waals surface area contributed by atoms with E-state index in [9.17, 15) is 48.9 Å². The van der Waals surface area contributed by atoms with Gasteiger partial charge in [0.15, 0.2) is 11.4 Å². The van der Waals surface area contributed by atoms with E-state index in [1.54, 1.807) is 104 Å². The lowest BCUT2D eigenvalue weighted by atomic mass is 9.80. The largest absolute Gasteiger partial charge is 0.272 e. The smallest absolute Gasteiger partial charge is 0.261 e. The van der Waals surface area contributed by atoms with Gasteiger partial charge in [-0.25, -0.2) is 9.69 Å². The Morgan fingerprint density at radius 2 is 0.556 bits per heavy atom. The number of carbonyl (C=O) groups excluding carboxylic acids is 8. The molecular formula is C65H44N8O8. The number of amides is 8. The van der Waals surface area contributed by atoms with E-state index < -0.39 is 47.3 Å². The summed E-state index contributed by atoms with van der Waals surface area (Å²) in [6, 6.07) is 22.7. The molecule has 0 radical (unpaired) electrons. The number of hydrogen-bond donors (Lipinski definition) is 0. The topological polar surface area (TPSA) is 206 Å². The van der Waals surface area contributed by atoms with Gasteiger partial charge in [0, 0.05) is 89.9 Å². The molecule has 4 heterocycles. The molecule has 0 bridgehead atoms. The van der Waals surface area contributed by atoms with E-state index in [0.717, 1.165) is 0 Å². The molecule has 8 amide bonds. The molecule has 0 saturated carbocycles. The predicted molar refractivity (Wildman–Crippen MR) is 307 cm³/mol. The third-order valence-corrected chi connectivity index (χ3v) is 16.3. The maximum atomic E-state index is 13.6. The Morgan fingerprint density at radius 3 is 0.790 bits per heavy atom. The number of hydrogen-bond acceptors (Lipinski definition) is 10. The molecule has 16 heteroatoms. The molecular weight excluding hydrogens is 1020 g/mol. The average Bonchev–Trinajstić information content (AvgIpc) is 3.24. The normalized spacial score (nSPS) is 14.8. The van der Waals surface area contributed by atoms with Crippen LogP contribution in [0.4, 0.5) is 11.4 Å². The second-order valence-electron chi connectivity index (χ2n) is 21.7. The van der Waals surface area contributed by atoms with Gasteiger partial charge in [0.2, 0.25) is 0 Å². The molecule has 14 rings (SSSR count). The van der Waals surface area contributed by atoms with Gasteiger partial charge in [-0.1, -0.05) is 31.7 Å². The van der Waals surface area contributed by atoms with Gasteiger partial charge < -0.3 is 0 Å². The summed E-state index contributed by atoms with van der Waals surface area (Å²) in [5.74, 6) is -3.55. The van der Waals surface area contributed by atoms with Gasteiger partial charge >= 0.3 is 0 Å². The second-order valence-corrected chi connectivity index (χ2v) is 21.7. The van der Waals surface area contributed by atoms with Crippen LogP contribution in [-0.2, 0) is 0 Å². The van der Waals surface area contributed by atoms with Crippen LogP contribution in [0.2, 0.25) is 0 Å². The van der Waals surface area contributed by atoms with E-state index in [1.165, 1.54) is 43.9 Å². The maximum Gasteiger partial charge on any atom is 0.261 e. The van der Waals surface area contributed by atoms with E-state index in [1.807, 2.05) is 0 Å². The first-order valence-electron chi connectivity index (χ1n) is 25.9. The van der Waals surface area contributed by atoms with Crippen LogP contribution in [0, 0.1) is 35.8 Å². The van der Waals surface area contributed by atoms with E-state index >= 15 is 0 Å². The quantitative estimate of drug-likeness (QED) is 0.0705. The van der Waals surface area contributed by atoms with Crippen LogP contribution in [0.15, 0.2) is 72.8 Å². The van der Waals surface area contributed by atoms with Crippen molar-refractivity contribution in [2.75, 3.05) is 0 Å². The molecule has 10 aromatic carbocycles. The summed E-state index contributed by atoms with van der Waals surface area (Å²) in [4.78, 5) is 121. The fourth-order valence-electron chi connectivity index (χ4n) is 13.2. The fraction of sp³-hybridized carbons (Fsp3) is 0.200. The number of rotatable bonds is 4. The van der Waals surface area contributed by atoms with Crippen LogP contribution < -0.4 is 0 Å². The Kier molecular flexibility index (Phi) is 10.8. The minimum Gasteiger partial charge on any atom is -0.272 e. The molecule has 0 fully saturated rings. The lowest BCUT2D eigenvalue weighted by Gasteiger charge is -2.33. The van der Waals surface area contributed by atoms with Crippen LogP contribution >= 0.6 is 0 Å². The highest BCUT2D eigenvalue weighted by Crippen LogP contribution is 2.53. The van der Waals surface area contributed by atoms with Crippen molar-refractivity contribution in [3.05, 3.63) is 151 Å². The van der Waals surface area contributed by atoms with Crippen LogP contribution in [0.5, 0.6) is 0 Å². The summed E-state index contributed by atoms with van der Waals surface area (Å²) >= 11 is 0. The molecule has 392 valence electrons. The van der Waals surface area contributed by atoms with Crippen LogP contribution in [0.3, 0.4) is 0 Å². The van der Waals surface area contributed by atoms with Crippen LogP contribution in [0.1, 0.15) is 157 Å². The molecule has 0 spiro atoms. The summed E-state index contributed by atoms with van der Waals surface area (Å²) in [5.41, 5.74) is 3.36. The molecule has 16 nitrogen and oxygen atoms in total. The third kappa shape index (κ3) is 6.19. The molecule has 0 aromatic heterocycles. The number of nitrogens with zero attached hydrogens (tertiary/aromatic N) is 8. The highest BCUT2D eigenvalue weighted by atomic mass is 16.2. The zero-order chi connectivity index (χ0) is 56.7. The van der Waals surface area contributed by atoms with Crippen LogP contribution in [0.25, 0.3) is 95.9 Å². The number of fused-ring (bicyclic) bond motifs is 4. The van der Waals surface area contributed by atoms with Gasteiger partial charge in [0.1, 0.15) is 0 Å². The average molecular weight is 1070 g/mol. The zero-order valence-electron chi connectivity index (χ0n) is 44.1. The second kappa shape index (κ2) is 17.2. The van der Waals surface area contributed by atoms with Gasteiger partial charge in [-0.3, -0.25) is 58.0 Å². The standard InChI is InChI=1S/2C32H20N4O4.CH4/c2*1-13(2)35-29(37)18-9-7-17-26-22(34-5)11-21-25-19(30(38)36(14(3)4)32(21)40)8-6-16(28(25)26)23-15(12-33)10-20(31(35)39)24(18)27(17)23;/h2*6-11,13-14H,1-4H3;1H4. The first-order valence-corrected chi connectivity index (χ1v) is 25.9. The summed E-state index contributed by atoms with van der Waals surface area (Å²) in [7, 11) is 0. The molecule has 0 saturated heterocycles. The first-order chi connectivity index (χ1) is 38.2. The third-order valence-electron chi connectivity index (χ3n) is 16.3. The number of carbonyl (C=O) groups is 8. The maximum absolute atomic E-state index is 13.6. The van der Waals surface area contributed by atoms with E-state index in [-0.39, 0.29) is 76.3 Å². The van der Waals surface area contributed by atoms with Gasteiger partial charge in [0.05, 0.1) is 47.5 Å². The van der Waals surface area contributed by atoms with Crippen LogP contribution in [-0.4, -0.2) is 91.0 Å². The lowest BCUT2D eigenvalue weighted by Crippen LogP contribution is -2.44. The van der Waals surface area contributed by atoms with Crippen molar-refractivity contribution in [1.29, 1.82) is 10.5 Å². The lowest BCUT2D eigenvalue weighted by molar-refractivity contribution is 0.0547. The zero-order valence-corrected chi connectivity index (χ0v) is 44.1. The van der Waals surface area contributed by atoms with Crippen molar-refractivity contribution in [2.24, 2.45) is 0 Å². The summed E-state index contributed by atoms with van der Waals surface area (Å²) in [6.45, 7) is 30.1. The van der Waals surface area contributed by atoms with Gasteiger partial charge in [0.25, 0.3) is 47.3 Å². The Balaban J connectivity index is 0.000000159. The molecule has 0 atom stereocenters. The molecule has 4 aliphatic heterocycles. The van der Waals surface area contributed by atoms with Gasteiger partial charge in [-0.05, 0) is 158 Å². The number of nitriles is 2. The van der Waals surface area contributed by atoms with Crippen molar-refractivity contribution in [3.63, 3.8) is 0 Å². The molecule has 4 aliphatic rings. The van der Waals surface area contributed by atoms with Crippen molar-refractivity contribution in [2.45, 2.75) is 87.0 Å². The SMILES string of the molecule is C.[C-]#[N+]c1cc2c3c(ccc4c5c(C#N)cc6c7c(ccc(c1c34)c75)C(=O)N(C(C)C)C6=O)C(=O)N(C(C)C)C2=O.[C-]#[N+]c1cc2c3c(ccc4c5c(C#N)cc6c7c(ccc(c1c34)c75)C(=O)N(C(C)C)C6=O)C(=O)N(C(C)C)C2=O. The Hall–Kier alpha value is -10.7. The number of benzene rings is 10. The Labute approximate surface area is 461 Å². The highest BCUT2D eigenvalue weighted by molar-refractivity contribution is 6.46. The summed E-state index contributed by atoms with van der Waals surface area (Å²) in [6.07, 6.45) is 0. The molecule has 10 aromatic rings. The molecule has 81 heavy (non-hydrogen) atoms.